The second-order valence-corrected chi connectivity index (χ2v) is 8.12. The van der Waals surface area contributed by atoms with Gasteiger partial charge in [0.05, 0.1) is 0 Å². The maximum absolute atomic E-state index is 12.9. The van der Waals surface area contributed by atoms with Gasteiger partial charge < -0.3 is 4.90 Å². The first-order chi connectivity index (χ1) is 11.4. The van der Waals surface area contributed by atoms with Crippen molar-refractivity contribution < 1.29 is 4.79 Å². The van der Waals surface area contributed by atoms with Crippen molar-refractivity contribution in [1.82, 2.24) is 4.90 Å². The Morgan fingerprint density at radius 3 is 2.58 bits per heavy atom. The van der Waals surface area contributed by atoms with E-state index >= 15 is 0 Å². The third-order valence-corrected chi connectivity index (χ3v) is 5.78. The Kier molecular flexibility index (Phi) is 4.78. The van der Waals surface area contributed by atoms with Crippen LogP contribution in [-0.4, -0.2) is 30.3 Å². The van der Waals surface area contributed by atoms with Gasteiger partial charge in [0.15, 0.2) is 0 Å². The van der Waals surface area contributed by atoms with Gasteiger partial charge in [0.2, 0.25) is 0 Å². The molecule has 0 aromatic heterocycles. The van der Waals surface area contributed by atoms with Gasteiger partial charge in [-0.25, -0.2) is 0 Å². The SMILES string of the molecule is C[C@H]1CCC(C(=O)CC(C)(C)c2cccc3ccccc23)CN1C. The van der Waals surface area contributed by atoms with Gasteiger partial charge >= 0.3 is 0 Å². The lowest BCUT2D eigenvalue weighted by atomic mass is 9.75. The third-order valence-electron chi connectivity index (χ3n) is 5.78. The van der Waals surface area contributed by atoms with Gasteiger partial charge in [0, 0.05) is 24.9 Å². The Labute approximate surface area is 145 Å². The van der Waals surface area contributed by atoms with Crippen LogP contribution in [0.15, 0.2) is 42.5 Å². The molecule has 0 N–H and O–H groups in total. The summed E-state index contributed by atoms with van der Waals surface area (Å²) in [5.41, 5.74) is 1.14. The molecule has 3 rings (SSSR count). The fraction of sp³-hybridized carbons (Fsp3) is 0.500. The first-order valence-electron chi connectivity index (χ1n) is 9.10. The molecule has 2 aromatic rings. The molecule has 1 saturated heterocycles. The van der Waals surface area contributed by atoms with E-state index < -0.39 is 0 Å². The van der Waals surface area contributed by atoms with E-state index in [1.807, 2.05) is 0 Å². The van der Waals surface area contributed by atoms with Gasteiger partial charge in [0.1, 0.15) is 5.78 Å². The molecule has 1 unspecified atom stereocenters. The second kappa shape index (κ2) is 6.68. The van der Waals surface area contributed by atoms with Gasteiger partial charge in [-0.15, -0.1) is 0 Å². The van der Waals surface area contributed by atoms with Gasteiger partial charge in [-0.1, -0.05) is 56.3 Å². The van der Waals surface area contributed by atoms with E-state index in [1.165, 1.54) is 16.3 Å². The highest BCUT2D eigenvalue weighted by molar-refractivity contribution is 5.88. The molecule has 2 atom stereocenters. The number of Topliss-reactive ketones (excluding diaryl/α,β-unsaturated/α-hetero) is 1. The zero-order chi connectivity index (χ0) is 17.3. The molecule has 0 radical (unpaired) electrons. The summed E-state index contributed by atoms with van der Waals surface area (Å²) < 4.78 is 0. The zero-order valence-electron chi connectivity index (χ0n) is 15.4. The average Bonchev–Trinajstić information content (AvgIpc) is 2.56. The van der Waals surface area contributed by atoms with E-state index in [-0.39, 0.29) is 11.3 Å². The quantitative estimate of drug-likeness (QED) is 0.805. The van der Waals surface area contributed by atoms with E-state index in [2.05, 4.69) is 75.2 Å². The van der Waals surface area contributed by atoms with Crippen LogP contribution in [0.2, 0.25) is 0 Å². The van der Waals surface area contributed by atoms with Crippen LogP contribution in [0, 0.1) is 5.92 Å². The van der Waals surface area contributed by atoms with E-state index in [1.54, 1.807) is 0 Å². The van der Waals surface area contributed by atoms with Crippen molar-refractivity contribution in [3.8, 4) is 0 Å². The lowest BCUT2D eigenvalue weighted by Crippen LogP contribution is -2.42. The molecular weight excluding hydrogens is 294 g/mol. The van der Waals surface area contributed by atoms with Crippen molar-refractivity contribution in [3.05, 3.63) is 48.0 Å². The predicted octanol–water partition coefficient (Wildman–Crippen LogP) is 4.81. The Balaban J connectivity index is 1.81. The number of hydrogen-bond donors (Lipinski definition) is 0. The fourth-order valence-corrected chi connectivity index (χ4v) is 4.04. The first kappa shape index (κ1) is 17.2. The van der Waals surface area contributed by atoms with Crippen molar-refractivity contribution in [3.63, 3.8) is 0 Å². The third kappa shape index (κ3) is 3.39. The number of rotatable bonds is 4. The molecule has 2 nitrogen and oxygen atoms in total. The summed E-state index contributed by atoms with van der Waals surface area (Å²) in [6.07, 6.45) is 2.78. The molecule has 128 valence electrons. The van der Waals surface area contributed by atoms with Gasteiger partial charge in [0.25, 0.3) is 0 Å². The number of likely N-dealkylation sites (tertiary alicyclic amines) is 1. The van der Waals surface area contributed by atoms with Crippen molar-refractivity contribution in [2.75, 3.05) is 13.6 Å². The fourth-order valence-electron chi connectivity index (χ4n) is 4.04. The number of nitrogens with zero attached hydrogens (tertiary/aromatic N) is 1. The van der Waals surface area contributed by atoms with Crippen LogP contribution < -0.4 is 0 Å². The van der Waals surface area contributed by atoms with Crippen LogP contribution >= 0.6 is 0 Å². The molecule has 0 spiro atoms. The molecular formula is C22H29NO. The minimum absolute atomic E-state index is 0.139. The molecule has 0 aliphatic carbocycles. The van der Waals surface area contributed by atoms with E-state index in [0.717, 1.165) is 19.4 Å². The van der Waals surface area contributed by atoms with Gasteiger partial charge in [-0.05, 0) is 48.6 Å². The summed E-state index contributed by atoms with van der Waals surface area (Å²) in [7, 11) is 2.14. The Hall–Kier alpha value is -1.67. The summed E-state index contributed by atoms with van der Waals surface area (Å²) in [5, 5.41) is 2.52. The van der Waals surface area contributed by atoms with E-state index in [9.17, 15) is 4.79 Å². The average molecular weight is 323 g/mol. The molecule has 1 fully saturated rings. The van der Waals surface area contributed by atoms with Crippen molar-refractivity contribution >= 4 is 16.6 Å². The maximum atomic E-state index is 12.9. The summed E-state index contributed by atoms with van der Waals surface area (Å²) >= 11 is 0. The van der Waals surface area contributed by atoms with Crippen LogP contribution in [0.25, 0.3) is 10.8 Å². The highest BCUT2D eigenvalue weighted by Crippen LogP contribution is 2.35. The predicted molar refractivity (Wildman–Crippen MR) is 101 cm³/mol. The molecule has 0 saturated carbocycles. The van der Waals surface area contributed by atoms with Crippen molar-refractivity contribution in [1.29, 1.82) is 0 Å². The maximum Gasteiger partial charge on any atom is 0.138 e. The van der Waals surface area contributed by atoms with E-state index in [0.29, 0.717) is 18.2 Å². The second-order valence-electron chi connectivity index (χ2n) is 8.12. The Bertz CT molecular complexity index is 728. The zero-order valence-corrected chi connectivity index (χ0v) is 15.4. The highest BCUT2D eigenvalue weighted by Gasteiger charge is 2.32. The van der Waals surface area contributed by atoms with Crippen LogP contribution in [0.4, 0.5) is 0 Å². The topological polar surface area (TPSA) is 20.3 Å². The molecule has 1 heterocycles. The number of piperidine rings is 1. The minimum atomic E-state index is -0.139. The largest absolute Gasteiger partial charge is 0.303 e. The molecule has 2 aromatic carbocycles. The number of ketones is 1. The van der Waals surface area contributed by atoms with Crippen LogP contribution in [-0.2, 0) is 10.2 Å². The molecule has 1 aliphatic heterocycles. The van der Waals surface area contributed by atoms with Gasteiger partial charge in [-0.2, -0.15) is 0 Å². The standard InChI is InChI=1S/C22H29NO/c1-16-12-13-18(15-23(16)4)21(24)14-22(2,3)20-11-7-9-17-8-5-6-10-19(17)20/h5-11,16,18H,12-15H2,1-4H3/t16-,18?/m0/s1. The Morgan fingerprint density at radius 2 is 1.83 bits per heavy atom. The molecule has 0 bridgehead atoms. The number of carbonyl (C=O) groups excluding carboxylic acids is 1. The molecule has 0 amide bonds. The molecule has 1 aliphatic rings. The number of benzene rings is 2. The smallest absolute Gasteiger partial charge is 0.138 e. The number of carbonyl (C=O) groups is 1. The van der Waals surface area contributed by atoms with E-state index in [4.69, 9.17) is 0 Å². The van der Waals surface area contributed by atoms with Crippen LogP contribution in [0.5, 0.6) is 0 Å². The monoisotopic (exact) mass is 323 g/mol. The van der Waals surface area contributed by atoms with Crippen molar-refractivity contribution in [2.24, 2.45) is 5.92 Å². The number of hydrogen-bond acceptors (Lipinski definition) is 2. The molecule has 2 heteroatoms. The Morgan fingerprint density at radius 1 is 1.12 bits per heavy atom. The lowest BCUT2D eigenvalue weighted by Gasteiger charge is -2.36. The normalized spacial score (nSPS) is 22.7. The van der Waals surface area contributed by atoms with Crippen LogP contribution in [0.1, 0.15) is 45.6 Å². The summed E-state index contributed by atoms with van der Waals surface area (Å²) in [6, 6.07) is 15.5. The first-order valence-corrected chi connectivity index (χ1v) is 9.10. The van der Waals surface area contributed by atoms with Crippen molar-refractivity contribution in [2.45, 2.75) is 51.5 Å². The lowest BCUT2D eigenvalue weighted by molar-refractivity contribution is -0.125. The highest BCUT2D eigenvalue weighted by atomic mass is 16.1. The summed E-state index contributed by atoms with van der Waals surface area (Å²) in [6.45, 7) is 7.58. The minimum Gasteiger partial charge on any atom is -0.303 e. The molecule has 24 heavy (non-hydrogen) atoms. The number of fused-ring (bicyclic) bond motifs is 1. The summed E-state index contributed by atoms with van der Waals surface area (Å²) in [5.74, 6) is 0.618. The van der Waals surface area contributed by atoms with Gasteiger partial charge in [-0.3, -0.25) is 4.79 Å². The summed E-state index contributed by atoms with van der Waals surface area (Å²) in [4.78, 5) is 15.3. The van der Waals surface area contributed by atoms with Crippen LogP contribution in [0.3, 0.4) is 0 Å².